The molecule has 1 heterocycles. The Morgan fingerprint density at radius 2 is 1.85 bits per heavy atom. The van der Waals surface area contributed by atoms with E-state index >= 15 is 0 Å². The molecule has 1 fully saturated rings. The molecule has 1 aromatic carbocycles. The predicted octanol–water partition coefficient (Wildman–Crippen LogP) is 6.16. The third kappa shape index (κ3) is 8.28. The molecule has 1 amide bonds. The first-order chi connectivity index (χ1) is 16.5. The number of rotatable bonds is 13. The highest BCUT2D eigenvalue weighted by atomic mass is 16.4. The van der Waals surface area contributed by atoms with Gasteiger partial charge in [-0.1, -0.05) is 62.9 Å². The van der Waals surface area contributed by atoms with Gasteiger partial charge < -0.3 is 14.6 Å². The van der Waals surface area contributed by atoms with Crippen LogP contribution in [0.4, 0.5) is 0 Å². The molecule has 5 heteroatoms. The lowest BCUT2D eigenvalue weighted by Crippen LogP contribution is -2.35. The third-order valence-corrected chi connectivity index (χ3v) is 7.19. The first-order valence-corrected chi connectivity index (χ1v) is 13.4. The Kier molecular flexibility index (Phi) is 10.7. The van der Waals surface area contributed by atoms with Gasteiger partial charge in [0.2, 0.25) is 0 Å². The molecule has 3 rings (SSSR count). The van der Waals surface area contributed by atoms with Crippen LogP contribution in [0.2, 0.25) is 0 Å². The topological polar surface area (TPSA) is 48.7 Å². The highest BCUT2D eigenvalue weighted by Gasteiger charge is 2.23. The Balaban J connectivity index is 1.57. The van der Waals surface area contributed by atoms with E-state index in [1.807, 2.05) is 12.1 Å². The Hall–Kier alpha value is -2.11. The summed E-state index contributed by atoms with van der Waals surface area (Å²) >= 11 is 0. The number of hydrogen-bond acceptors (Lipinski definition) is 4. The minimum atomic E-state index is -0.107. The van der Waals surface area contributed by atoms with Crippen molar-refractivity contribution in [3.8, 4) is 0 Å². The van der Waals surface area contributed by atoms with Crippen LogP contribution in [0.15, 0.2) is 40.8 Å². The number of carbonyl (C=O) groups excluding carboxylic acids is 1. The van der Waals surface area contributed by atoms with E-state index in [-0.39, 0.29) is 11.9 Å². The second kappa shape index (κ2) is 13.7. The predicted molar refractivity (Wildman–Crippen MR) is 140 cm³/mol. The SMILES string of the molecule is CCN(CC)CCCC(C)NC(=O)c1ccc(CN(Cc2cccc(C)c2)C2CCCCC2)o1. The van der Waals surface area contributed by atoms with Crippen LogP contribution in [-0.2, 0) is 13.1 Å². The number of amides is 1. The summed E-state index contributed by atoms with van der Waals surface area (Å²) < 4.78 is 6.04. The summed E-state index contributed by atoms with van der Waals surface area (Å²) in [5.41, 5.74) is 2.64. The average molecular weight is 468 g/mol. The summed E-state index contributed by atoms with van der Waals surface area (Å²) in [5.74, 6) is 1.19. The largest absolute Gasteiger partial charge is 0.455 e. The minimum Gasteiger partial charge on any atom is -0.455 e. The summed E-state index contributed by atoms with van der Waals surface area (Å²) in [7, 11) is 0. The van der Waals surface area contributed by atoms with Gasteiger partial charge in [0, 0.05) is 18.6 Å². The number of aryl methyl sites for hydroxylation is 1. The molecule has 1 aromatic heterocycles. The van der Waals surface area contributed by atoms with Crippen LogP contribution in [0.1, 0.15) is 93.2 Å². The maximum absolute atomic E-state index is 12.8. The van der Waals surface area contributed by atoms with Gasteiger partial charge in [-0.05, 0) is 76.9 Å². The van der Waals surface area contributed by atoms with Crippen molar-refractivity contribution in [3.63, 3.8) is 0 Å². The molecular formula is C29H45N3O2. The third-order valence-electron chi connectivity index (χ3n) is 7.19. The van der Waals surface area contributed by atoms with Crippen molar-refractivity contribution in [2.45, 2.75) is 97.8 Å². The molecule has 0 aliphatic heterocycles. The number of benzene rings is 1. The fourth-order valence-corrected chi connectivity index (χ4v) is 5.12. The molecule has 188 valence electrons. The Labute approximate surface area is 206 Å². The smallest absolute Gasteiger partial charge is 0.287 e. The first-order valence-electron chi connectivity index (χ1n) is 13.4. The molecule has 0 bridgehead atoms. The van der Waals surface area contributed by atoms with E-state index in [4.69, 9.17) is 4.42 Å². The van der Waals surface area contributed by atoms with Gasteiger partial charge in [-0.15, -0.1) is 0 Å². The summed E-state index contributed by atoms with van der Waals surface area (Å²) in [6.45, 7) is 13.5. The zero-order valence-corrected chi connectivity index (χ0v) is 21.8. The molecule has 1 saturated carbocycles. The van der Waals surface area contributed by atoms with Gasteiger partial charge in [-0.25, -0.2) is 0 Å². The van der Waals surface area contributed by atoms with E-state index in [1.54, 1.807) is 0 Å². The number of hydrogen-bond donors (Lipinski definition) is 1. The molecule has 0 spiro atoms. The molecule has 34 heavy (non-hydrogen) atoms. The Morgan fingerprint density at radius 1 is 1.09 bits per heavy atom. The summed E-state index contributed by atoms with van der Waals surface area (Å²) in [4.78, 5) is 17.7. The van der Waals surface area contributed by atoms with E-state index < -0.39 is 0 Å². The van der Waals surface area contributed by atoms with Crippen LogP contribution in [0.5, 0.6) is 0 Å². The maximum Gasteiger partial charge on any atom is 0.287 e. The van der Waals surface area contributed by atoms with Crippen molar-refractivity contribution >= 4 is 5.91 Å². The highest BCUT2D eigenvalue weighted by molar-refractivity contribution is 5.91. The van der Waals surface area contributed by atoms with E-state index in [0.717, 1.165) is 51.3 Å². The van der Waals surface area contributed by atoms with Crippen molar-refractivity contribution in [1.82, 2.24) is 15.1 Å². The molecule has 1 unspecified atom stereocenters. The van der Waals surface area contributed by atoms with Crippen molar-refractivity contribution in [2.24, 2.45) is 0 Å². The van der Waals surface area contributed by atoms with Crippen molar-refractivity contribution in [1.29, 1.82) is 0 Å². The van der Waals surface area contributed by atoms with Gasteiger partial charge in [-0.2, -0.15) is 0 Å². The number of nitrogens with one attached hydrogen (secondary N) is 1. The fourth-order valence-electron chi connectivity index (χ4n) is 5.12. The molecule has 1 N–H and O–H groups in total. The Bertz CT molecular complexity index is 868. The number of carbonyl (C=O) groups is 1. The van der Waals surface area contributed by atoms with Gasteiger partial charge in [0.1, 0.15) is 5.76 Å². The number of furan rings is 1. The summed E-state index contributed by atoms with van der Waals surface area (Å²) in [6.07, 6.45) is 8.48. The Morgan fingerprint density at radius 3 is 2.56 bits per heavy atom. The molecule has 1 aliphatic rings. The summed E-state index contributed by atoms with van der Waals surface area (Å²) in [6, 6.07) is 13.3. The van der Waals surface area contributed by atoms with Crippen LogP contribution < -0.4 is 5.32 Å². The van der Waals surface area contributed by atoms with Crippen molar-refractivity contribution in [3.05, 3.63) is 59.0 Å². The van der Waals surface area contributed by atoms with Gasteiger partial charge in [0.25, 0.3) is 5.91 Å². The number of nitrogens with zero attached hydrogens (tertiary/aromatic N) is 2. The first kappa shape index (κ1) is 26.5. The van der Waals surface area contributed by atoms with Gasteiger partial charge in [0.05, 0.1) is 6.54 Å². The lowest BCUT2D eigenvalue weighted by atomic mass is 9.93. The normalized spacial score (nSPS) is 15.7. The standard InChI is InChI=1S/C29H45N3O2/c1-5-31(6-2)19-11-13-24(4)30-29(33)28-18-17-27(34-28)22-32(26-15-8-7-9-16-26)21-25-14-10-12-23(3)20-25/h10,12,14,17-18,20,24,26H,5-9,11,13,15-16,19,21-22H2,1-4H3,(H,30,33). The van der Waals surface area contributed by atoms with Crippen LogP contribution in [0, 0.1) is 6.92 Å². The van der Waals surface area contributed by atoms with Gasteiger partial charge in [-0.3, -0.25) is 9.69 Å². The van der Waals surface area contributed by atoms with E-state index in [0.29, 0.717) is 11.8 Å². The molecular weight excluding hydrogens is 422 g/mol. The van der Waals surface area contributed by atoms with Crippen LogP contribution in [0.25, 0.3) is 0 Å². The van der Waals surface area contributed by atoms with Gasteiger partial charge >= 0.3 is 0 Å². The zero-order valence-electron chi connectivity index (χ0n) is 21.8. The molecule has 2 aromatic rings. The second-order valence-corrected chi connectivity index (χ2v) is 10.00. The second-order valence-electron chi connectivity index (χ2n) is 10.00. The maximum atomic E-state index is 12.8. The highest BCUT2D eigenvalue weighted by Crippen LogP contribution is 2.26. The van der Waals surface area contributed by atoms with Crippen LogP contribution in [0.3, 0.4) is 0 Å². The monoisotopic (exact) mass is 467 g/mol. The molecule has 1 atom stereocenters. The van der Waals surface area contributed by atoms with Gasteiger partial charge in [0.15, 0.2) is 5.76 Å². The summed E-state index contributed by atoms with van der Waals surface area (Å²) in [5, 5.41) is 3.12. The zero-order chi connectivity index (χ0) is 24.3. The molecule has 5 nitrogen and oxygen atoms in total. The molecule has 1 aliphatic carbocycles. The molecule has 0 radical (unpaired) electrons. The van der Waals surface area contributed by atoms with E-state index in [1.165, 1.54) is 43.2 Å². The van der Waals surface area contributed by atoms with E-state index in [9.17, 15) is 4.79 Å². The minimum absolute atomic E-state index is 0.107. The average Bonchev–Trinajstić information content (AvgIpc) is 3.31. The van der Waals surface area contributed by atoms with Crippen LogP contribution in [-0.4, -0.2) is 47.4 Å². The van der Waals surface area contributed by atoms with Crippen molar-refractivity contribution in [2.75, 3.05) is 19.6 Å². The molecule has 0 saturated heterocycles. The fraction of sp³-hybridized carbons (Fsp3) is 0.621. The van der Waals surface area contributed by atoms with Crippen molar-refractivity contribution < 1.29 is 9.21 Å². The lowest BCUT2D eigenvalue weighted by molar-refractivity contribution is 0.0899. The van der Waals surface area contributed by atoms with Crippen LogP contribution >= 0.6 is 0 Å². The van der Waals surface area contributed by atoms with E-state index in [2.05, 4.69) is 67.1 Å². The quantitative estimate of drug-likeness (QED) is 0.383. The lowest BCUT2D eigenvalue weighted by Gasteiger charge is -2.34.